The Labute approximate surface area is 127 Å². The highest BCUT2D eigenvalue weighted by Gasteiger charge is 2.05. The summed E-state index contributed by atoms with van der Waals surface area (Å²) < 4.78 is 28.8. The molecule has 0 aliphatic heterocycles. The molecule has 7 heteroatoms. The lowest BCUT2D eigenvalue weighted by Gasteiger charge is -2.08. The Balaban J connectivity index is 2.06. The molecule has 0 aliphatic carbocycles. The molecule has 2 aromatic rings. The molecule has 2 rings (SSSR count). The van der Waals surface area contributed by atoms with Gasteiger partial charge in [0.2, 0.25) is 5.88 Å². The number of aliphatic imine (C=N–C) groups is 1. The van der Waals surface area contributed by atoms with Gasteiger partial charge in [-0.25, -0.2) is 8.78 Å². The lowest BCUT2D eigenvalue weighted by molar-refractivity contribution is 0.0791. The molecule has 22 heavy (non-hydrogen) atoms. The SMILES string of the molecule is C/C=N\c1cc(Nc2ccc(OCC(F)F)nn2)ccc1C. The lowest BCUT2D eigenvalue weighted by Crippen LogP contribution is -2.08. The van der Waals surface area contributed by atoms with Crippen molar-refractivity contribution in [1.29, 1.82) is 0 Å². The van der Waals surface area contributed by atoms with Crippen LogP contribution in [0.1, 0.15) is 12.5 Å². The molecule has 1 N–H and O–H groups in total. The monoisotopic (exact) mass is 306 g/mol. The number of aromatic nitrogens is 2. The molecule has 1 aromatic heterocycles. The molecule has 0 saturated carbocycles. The first-order valence-electron chi connectivity index (χ1n) is 6.69. The van der Waals surface area contributed by atoms with Gasteiger partial charge >= 0.3 is 0 Å². The van der Waals surface area contributed by atoms with E-state index in [4.69, 9.17) is 4.74 Å². The fraction of sp³-hybridized carbons (Fsp3) is 0.267. The number of aryl methyl sites for hydroxylation is 1. The molecular weight excluding hydrogens is 290 g/mol. The smallest absolute Gasteiger partial charge is 0.272 e. The van der Waals surface area contributed by atoms with E-state index < -0.39 is 13.0 Å². The Bertz CT molecular complexity index is 644. The second-order valence-electron chi connectivity index (χ2n) is 4.47. The van der Waals surface area contributed by atoms with Gasteiger partial charge in [0.1, 0.15) is 0 Å². The molecule has 1 aromatic carbocycles. The van der Waals surface area contributed by atoms with Crippen LogP contribution in [0.25, 0.3) is 0 Å². The number of hydrogen-bond donors (Lipinski definition) is 1. The maximum absolute atomic E-state index is 12.0. The van der Waals surface area contributed by atoms with E-state index in [-0.39, 0.29) is 5.88 Å². The number of ether oxygens (including phenoxy) is 1. The Morgan fingerprint density at radius 1 is 1.27 bits per heavy atom. The quantitative estimate of drug-likeness (QED) is 0.822. The van der Waals surface area contributed by atoms with Gasteiger partial charge in [-0.2, -0.15) is 0 Å². The van der Waals surface area contributed by atoms with Gasteiger partial charge in [0.15, 0.2) is 12.4 Å². The predicted molar refractivity (Wildman–Crippen MR) is 81.8 cm³/mol. The highest BCUT2D eigenvalue weighted by Crippen LogP contribution is 2.24. The van der Waals surface area contributed by atoms with Crippen molar-refractivity contribution in [3.05, 3.63) is 35.9 Å². The van der Waals surface area contributed by atoms with E-state index >= 15 is 0 Å². The van der Waals surface area contributed by atoms with Crippen molar-refractivity contribution < 1.29 is 13.5 Å². The van der Waals surface area contributed by atoms with Crippen molar-refractivity contribution in [2.75, 3.05) is 11.9 Å². The molecule has 0 bridgehead atoms. The third-order valence-corrected chi connectivity index (χ3v) is 2.75. The Kier molecular flexibility index (Phi) is 5.35. The molecular formula is C15H16F2N4O. The standard InChI is InChI=1S/C15H16F2N4O/c1-3-18-12-8-11(5-4-10(12)2)19-14-6-7-15(21-20-14)22-9-13(16)17/h3-8,13H,9H2,1-2H3,(H,19,20)/b18-3-. The lowest BCUT2D eigenvalue weighted by atomic mass is 10.2. The van der Waals surface area contributed by atoms with E-state index in [0.717, 1.165) is 16.9 Å². The number of rotatable bonds is 6. The fourth-order valence-electron chi connectivity index (χ4n) is 1.73. The zero-order valence-corrected chi connectivity index (χ0v) is 12.3. The number of hydrogen-bond acceptors (Lipinski definition) is 5. The molecule has 116 valence electrons. The van der Waals surface area contributed by atoms with E-state index in [9.17, 15) is 8.78 Å². The average Bonchev–Trinajstić information content (AvgIpc) is 2.50. The van der Waals surface area contributed by atoms with Gasteiger partial charge < -0.3 is 10.1 Å². The van der Waals surface area contributed by atoms with Crippen LogP contribution in [0.3, 0.4) is 0 Å². The van der Waals surface area contributed by atoms with Crippen LogP contribution in [0.4, 0.5) is 26.0 Å². The van der Waals surface area contributed by atoms with Gasteiger partial charge in [-0.1, -0.05) is 6.07 Å². The summed E-state index contributed by atoms with van der Waals surface area (Å²) in [6.45, 7) is 3.13. The van der Waals surface area contributed by atoms with E-state index in [1.807, 2.05) is 32.0 Å². The van der Waals surface area contributed by atoms with Crippen LogP contribution >= 0.6 is 0 Å². The zero-order chi connectivity index (χ0) is 15.9. The van der Waals surface area contributed by atoms with Crippen molar-refractivity contribution >= 4 is 23.4 Å². The summed E-state index contributed by atoms with van der Waals surface area (Å²) in [5, 5.41) is 10.7. The minimum Gasteiger partial charge on any atom is -0.471 e. The van der Waals surface area contributed by atoms with Crippen LogP contribution in [0.15, 0.2) is 35.3 Å². The summed E-state index contributed by atoms with van der Waals surface area (Å²) in [6, 6.07) is 8.82. The first kappa shape index (κ1) is 15.8. The molecule has 0 aliphatic rings. The van der Waals surface area contributed by atoms with Crippen LogP contribution in [-0.2, 0) is 0 Å². The van der Waals surface area contributed by atoms with Gasteiger partial charge in [0.05, 0.1) is 5.69 Å². The second kappa shape index (κ2) is 7.44. The highest BCUT2D eigenvalue weighted by molar-refractivity contribution is 5.68. The van der Waals surface area contributed by atoms with Crippen LogP contribution in [0, 0.1) is 6.92 Å². The maximum Gasteiger partial charge on any atom is 0.272 e. The largest absolute Gasteiger partial charge is 0.471 e. The van der Waals surface area contributed by atoms with E-state index in [0.29, 0.717) is 5.82 Å². The fourth-order valence-corrected chi connectivity index (χ4v) is 1.73. The van der Waals surface area contributed by atoms with Gasteiger partial charge in [-0.05, 0) is 37.6 Å². The van der Waals surface area contributed by atoms with Gasteiger partial charge in [-0.15, -0.1) is 10.2 Å². The van der Waals surface area contributed by atoms with Crippen LogP contribution < -0.4 is 10.1 Å². The van der Waals surface area contributed by atoms with Crippen molar-refractivity contribution in [3.63, 3.8) is 0 Å². The molecule has 0 saturated heterocycles. The van der Waals surface area contributed by atoms with Crippen LogP contribution in [0.2, 0.25) is 0 Å². The molecule has 0 radical (unpaired) electrons. The molecule has 0 amide bonds. The first-order chi connectivity index (χ1) is 10.6. The van der Waals surface area contributed by atoms with Gasteiger partial charge in [-0.3, -0.25) is 4.99 Å². The Morgan fingerprint density at radius 3 is 2.73 bits per heavy atom. The van der Waals surface area contributed by atoms with Gasteiger partial charge in [0.25, 0.3) is 6.43 Å². The summed E-state index contributed by atoms with van der Waals surface area (Å²) >= 11 is 0. The normalized spacial score (nSPS) is 11.1. The molecule has 0 unspecified atom stereocenters. The number of alkyl halides is 2. The highest BCUT2D eigenvalue weighted by atomic mass is 19.3. The minimum absolute atomic E-state index is 0.0611. The van der Waals surface area contributed by atoms with Crippen molar-refractivity contribution in [2.24, 2.45) is 4.99 Å². The summed E-state index contributed by atoms with van der Waals surface area (Å²) in [4.78, 5) is 4.27. The molecule has 5 nitrogen and oxygen atoms in total. The number of benzene rings is 1. The first-order valence-corrected chi connectivity index (χ1v) is 6.69. The molecule has 0 atom stereocenters. The van der Waals surface area contributed by atoms with E-state index in [1.165, 1.54) is 6.07 Å². The van der Waals surface area contributed by atoms with E-state index in [2.05, 4.69) is 20.5 Å². The Morgan fingerprint density at radius 2 is 2.09 bits per heavy atom. The van der Waals surface area contributed by atoms with Crippen molar-refractivity contribution in [1.82, 2.24) is 10.2 Å². The molecule has 0 spiro atoms. The van der Waals surface area contributed by atoms with Crippen LogP contribution in [0.5, 0.6) is 5.88 Å². The third kappa shape index (κ3) is 4.47. The maximum atomic E-state index is 12.0. The average molecular weight is 306 g/mol. The Hall–Kier alpha value is -2.57. The summed E-state index contributed by atoms with van der Waals surface area (Å²) in [7, 11) is 0. The minimum atomic E-state index is -2.54. The van der Waals surface area contributed by atoms with Crippen molar-refractivity contribution in [2.45, 2.75) is 20.3 Å². The zero-order valence-electron chi connectivity index (χ0n) is 12.3. The summed E-state index contributed by atoms with van der Waals surface area (Å²) in [5.74, 6) is 0.547. The molecule has 0 fully saturated rings. The number of nitrogens with one attached hydrogen (secondary N) is 1. The number of anilines is 2. The molecule has 1 heterocycles. The third-order valence-electron chi connectivity index (χ3n) is 2.75. The number of halogens is 2. The topological polar surface area (TPSA) is 59.4 Å². The summed E-state index contributed by atoms with van der Waals surface area (Å²) in [5.41, 5.74) is 2.73. The second-order valence-corrected chi connectivity index (χ2v) is 4.47. The van der Waals surface area contributed by atoms with Crippen molar-refractivity contribution in [3.8, 4) is 5.88 Å². The van der Waals surface area contributed by atoms with E-state index in [1.54, 1.807) is 12.3 Å². The summed E-state index contributed by atoms with van der Waals surface area (Å²) in [6.07, 6.45) is -0.814. The van der Waals surface area contributed by atoms with Gasteiger partial charge in [0, 0.05) is 18.0 Å². The number of nitrogens with zero attached hydrogens (tertiary/aromatic N) is 3. The predicted octanol–water partition coefficient (Wildman–Crippen LogP) is 3.89. The van der Waals surface area contributed by atoms with Crippen LogP contribution in [-0.4, -0.2) is 29.4 Å².